The van der Waals surface area contributed by atoms with Gasteiger partial charge in [0, 0.05) is 56.4 Å². The third-order valence-electron chi connectivity index (χ3n) is 4.90. The Bertz CT molecular complexity index is 872. The summed E-state index contributed by atoms with van der Waals surface area (Å²) in [4.78, 5) is 11.4. The summed E-state index contributed by atoms with van der Waals surface area (Å²) in [6.07, 6.45) is 3.66. The summed E-state index contributed by atoms with van der Waals surface area (Å²) in [5.74, 6) is 1.43. The van der Waals surface area contributed by atoms with Crippen molar-refractivity contribution in [2.75, 3.05) is 38.6 Å². The number of anilines is 2. The van der Waals surface area contributed by atoms with Gasteiger partial charge in [0.15, 0.2) is 0 Å². The molecule has 0 bridgehead atoms. The quantitative estimate of drug-likeness (QED) is 0.689. The molecular formula is C22H25N5O. The number of methoxy groups -OCH3 is 1. The number of nitrogens with one attached hydrogen (secondary N) is 2. The van der Waals surface area contributed by atoms with Crippen LogP contribution in [0.5, 0.6) is 5.75 Å². The second-order valence-corrected chi connectivity index (χ2v) is 6.87. The maximum absolute atomic E-state index is 5.19. The van der Waals surface area contributed by atoms with Crippen molar-refractivity contribution in [1.29, 1.82) is 0 Å². The van der Waals surface area contributed by atoms with Crippen LogP contribution in [0.2, 0.25) is 0 Å². The van der Waals surface area contributed by atoms with Crippen molar-refractivity contribution in [2.45, 2.75) is 6.54 Å². The van der Waals surface area contributed by atoms with Crippen molar-refractivity contribution in [1.82, 2.24) is 20.2 Å². The van der Waals surface area contributed by atoms with E-state index >= 15 is 0 Å². The number of hydrogen-bond acceptors (Lipinski definition) is 6. The zero-order valence-corrected chi connectivity index (χ0v) is 16.1. The minimum absolute atomic E-state index is 0.590. The highest BCUT2D eigenvalue weighted by atomic mass is 16.5. The highest BCUT2D eigenvalue weighted by molar-refractivity contribution is 5.63. The van der Waals surface area contributed by atoms with Crippen LogP contribution in [-0.2, 0) is 6.54 Å². The lowest BCUT2D eigenvalue weighted by molar-refractivity contribution is 0.233. The first-order chi connectivity index (χ1) is 13.8. The smallest absolute Gasteiger partial charge is 0.227 e. The van der Waals surface area contributed by atoms with Crippen LogP contribution in [0.15, 0.2) is 60.9 Å². The Kier molecular flexibility index (Phi) is 5.80. The van der Waals surface area contributed by atoms with Gasteiger partial charge in [-0.2, -0.15) is 0 Å². The van der Waals surface area contributed by atoms with E-state index < -0.39 is 0 Å². The van der Waals surface area contributed by atoms with Gasteiger partial charge >= 0.3 is 0 Å². The molecule has 1 aromatic heterocycles. The summed E-state index contributed by atoms with van der Waals surface area (Å²) >= 11 is 0. The van der Waals surface area contributed by atoms with E-state index in [1.807, 2.05) is 36.7 Å². The van der Waals surface area contributed by atoms with Crippen LogP contribution in [0.25, 0.3) is 11.1 Å². The maximum atomic E-state index is 5.19. The van der Waals surface area contributed by atoms with E-state index in [0.717, 1.165) is 55.3 Å². The summed E-state index contributed by atoms with van der Waals surface area (Å²) in [7, 11) is 1.66. The van der Waals surface area contributed by atoms with Crippen LogP contribution in [0, 0.1) is 0 Å². The van der Waals surface area contributed by atoms with Crippen LogP contribution in [0.3, 0.4) is 0 Å². The first-order valence-electron chi connectivity index (χ1n) is 9.56. The van der Waals surface area contributed by atoms with Crippen LogP contribution >= 0.6 is 0 Å². The lowest BCUT2D eigenvalue weighted by Crippen LogP contribution is -2.42. The lowest BCUT2D eigenvalue weighted by atomic mass is 10.1. The zero-order chi connectivity index (χ0) is 19.2. The summed E-state index contributed by atoms with van der Waals surface area (Å²) in [6.45, 7) is 5.35. The first-order valence-corrected chi connectivity index (χ1v) is 9.56. The predicted octanol–water partition coefficient (Wildman–Crippen LogP) is 3.30. The molecule has 2 heterocycles. The molecule has 1 saturated heterocycles. The monoisotopic (exact) mass is 375 g/mol. The van der Waals surface area contributed by atoms with Crippen LogP contribution in [0.4, 0.5) is 11.6 Å². The summed E-state index contributed by atoms with van der Waals surface area (Å²) in [5, 5.41) is 6.65. The molecule has 6 nitrogen and oxygen atoms in total. The molecule has 2 N–H and O–H groups in total. The number of piperazine rings is 1. The third kappa shape index (κ3) is 4.65. The van der Waals surface area contributed by atoms with Crippen molar-refractivity contribution in [3.05, 3.63) is 66.5 Å². The molecule has 1 aliphatic heterocycles. The average molecular weight is 375 g/mol. The van der Waals surface area contributed by atoms with Gasteiger partial charge in [0.2, 0.25) is 5.95 Å². The zero-order valence-electron chi connectivity index (χ0n) is 16.1. The van der Waals surface area contributed by atoms with Gasteiger partial charge in [-0.25, -0.2) is 9.97 Å². The Morgan fingerprint density at radius 2 is 1.61 bits per heavy atom. The number of aromatic nitrogens is 2. The van der Waals surface area contributed by atoms with E-state index in [1.165, 1.54) is 5.56 Å². The van der Waals surface area contributed by atoms with Gasteiger partial charge in [0.05, 0.1) is 7.11 Å². The molecule has 6 heteroatoms. The molecule has 0 saturated carbocycles. The van der Waals surface area contributed by atoms with Crippen LogP contribution < -0.4 is 15.4 Å². The van der Waals surface area contributed by atoms with E-state index in [0.29, 0.717) is 5.95 Å². The van der Waals surface area contributed by atoms with Crippen molar-refractivity contribution < 1.29 is 4.74 Å². The molecule has 0 atom stereocenters. The fraction of sp³-hybridized carbons (Fsp3) is 0.273. The molecule has 28 heavy (non-hydrogen) atoms. The fourth-order valence-electron chi connectivity index (χ4n) is 3.28. The molecule has 1 fully saturated rings. The SMILES string of the molecule is COc1ccc(-c2cnc(Nc3ccc(CN4CCNCC4)cc3)nc2)cc1. The Labute approximate surface area is 165 Å². The molecule has 0 amide bonds. The molecule has 0 aliphatic carbocycles. The summed E-state index contributed by atoms with van der Waals surface area (Å²) in [6, 6.07) is 16.4. The molecular weight excluding hydrogens is 350 g/mol. The van der Waals surface area contributed by atoms with Gasteiger partial charge in [-0.1, -0.05) is 24.3 Å². The highest BCUT2D eigenvalue weighted by Crippen LogP contribution is 2.22. The summed E-state index contributed by atoms with van der Waals surface area (Å²) in [5.41, 5.74) is 4.34. The van der Waals surface area contributed by atoms with Gasteiger partial charge in [0.1, 0.15) is 5.75 Å². The Balaban J connectivity index is 1.37. The second kappa shape index (κ2) is 8.82. The largest absolute Gasteiger partial charge is 0.497 e. The molecule has 4 rings (SSSR count). The Morgan fingerprint density at radius 1 is 0.929 bits per heavy atom. The van der Waals surface area contributed by atoms with Crippen molar-refractivity contribution in [3.63, 3.8) is 0 Å². The fourth-order valence-corrected chi connectivity index (χ4v) is 3.28. The molecule has 1 aliphatic rings. The van der Waals surface area contributed by atoms with Gasteiger partial charge in [0.25, 0.3) is 0 Å². The lowest BCUT2D eigenvalue weighted by Gasteiger charge is -2.27. The number of hydrogen-bond donors (Lipinski definition) is 2. The number of benzene rings is 2. The molecule has 3 aromatic rings. The maximum Gasteiger partial charge on any atom is 0.227 e. The first kappa shape index (κ1) is 18.4. The Hall–Kier alpha value is -2.96. The van der Waals surface area contributed by atoms with Gasteiger partial charge < -0.3 is 15.4 Å². The molecule has 144 valence electrons. The van der Waals surface area contributed by atoms with E-state index in [4.69, 9.17) is 4.74 Å². The molecule has 0 unspecified atom stereocenters. The van der Waals surface area contributed by atoms with Crippen molar-refractivity contribution in [3.8, 4) is 16.9 Å². The molecule has 0 spiro atoms. The van der Waals surface area contributed by atoms with Gasteiger partial charge in [-0.05, 0) is 35.4 Å². The van der Waals surface area contributed by atoms with E-state index in [1.54, 1.807) is 7.11 Å². The highest BCUT2D eigenvalue weighted by Gasteiger charge is 2.09. The van der Waals surface area contributed by atoms with Crippen molar-refractivity contribution in [2.24, 2.45) is 0 Å². The number of rotatable bonds is 6. The topological polar surface area (TPSA) is 62.3 Å². The number of nitrogens with zero attached hydrogens (tertiary/aromatic N) is 3. The third-order valence-corrected chi connectivity index (χ3v) is 4.90. The van der Waals surface area contributed by atoms with E-state index in [2.05, 4.69) is 49.8 Å². The van der Waals surface area contributed by atoms with Crippen molar-refractivity contribution >= 4 is 11.6 Å². The van der Waals surface area contributed by atoms with E-state index in [9.17, 15) is 0 Å². The van der Waals surface area contributed by atoms with Crippen LogP contribution in [0.1, 0.15) is 5.56 Å². The molecule has 0 radical (unpaired) electrons. The molecule has 2 aromatic carbocycles. The number of ether oxygens (including phenoxy) is 1. The average Bonchev–Trinajstić information content (AvgIpc) is 2.76. The summed E-state index contributed by atoms with van der Waals surface area (Å²) < 4.78 is 5.19. The minimum Gasteiger partial charge on any atom is -0.497 e. The normalized spacial score (nSPS) is 14.6. The van der Waals surface area contributed by atoms with E-state index in [-0.39, 0.29) is 0 Å². The standard InChI is InChI=1S/C22H25N5O/c1-28-21-8-4-18(5-9-21)19-14-24-22(25-15-19)26-20-6-2-17(3-7-20)16-27-12-10-23-11-13-27/h2-9,14-15,23H,10-13,16H2,1H3,(H,24,25,26). The minimum atomic E-state index is 0.590. The Morgan fingerprint density at radius 3 is 2.25 bits per heavy atom. The van der Waals surface area contributed by atoms with Gasteiger partial charge in [-0.3, -0.25) is 4.90 Å². The predicted molar refractivity (Wildman–Crippen MR) is 112 cm³/mol. The van der Waals surface area contributed by atoms with Crippen LogP contribution in [-0.4, -0.2) is 48.2 Å². The van der Waals surface area contributed by atoms with Gasteiger partial charge in [-0.15, -0.1) is 0 Å². The second-order valence-electron chi connectivity index (χ2n) is 6.87.